The van der Waals surface area contributed by atoms with Crippen LogP contribution in [0.15, 0.2) is 0 Å². The third kappa shape index (κ3) is 14.4. The molecule has 0 bridgehead atoms. The lowest BCUT2D eigenvalue weighted by Gasteiger charge is -2.15. The first-order chi connectivity index (χ1) is 9.85. The zero-order valence-electron chi connectivity index (χ0n) is 14.7. The average Bonchev–Trinajstić information content (AvgIpc) is 2.47. The van der Waals surface area contributed by atoms with E-state index in [0.29, 0.717) is 0 Å². The van der Waals surface area contributed by atoms with Crippen molar-refractivity contribution >= 4 is 0 Å². The van der Waals surface area contributed by atoms with Gasteiger partial charge in [0.1, 0.15) is 0 Å². The Bertz CT molecular complexity index is 167. The molecule has 1 atom stereocenters. The minimum Gasteiger partial charge on any atom is -0.316 e. The van der Waals surface area contributed by atoms with Crippen LogP contribution in [0.5, 0.6) is 0 Å². The lowest BCUT2D eigenvalue weighted by molar-refractivity contribution is 0.411. The molecule has 1 heteroatoms. The molecule has 0 rings (SSSR count). The van der Waals surface area contributed by atoms with Gasteiger partial charge in [-0.1, -0.05) is 91.4 Å². The van der Waals surface area contributed by atoms with Crippen molar-refractivity contribution in [1.29, 1.82) is 0 Å². The van der Waals surface area contributed by atoms with Gasteiger partial charge in [0.2, 0.25) is 0 Å². The van der Waals surface area contributed by atoms with E-state index in [4.69, 9.17) is 0 Å². The smallest absolute Gasteiger partial charge is 0.00206 e. The van der Waals surface area contributed by atoms with Gasteiger partial charge in [0.15, 0.2) is 0 Å². The Morgan fingerprint density at radius 3 is 1.70 bits per heavy atom. The Hall–Kier alpha value is -0.0400. The number of hydrogen-bond donors (Lipinski definition) is 1. The van der Waals surface area contributed by atoms with Gasteiger partial charge in [-0.25, -0.2) is 0 Å². The number of nitrogens with one attached hydrogen (secondary N) is 1. The topological polar surface area (TPSA) is 12.0 Å². The lowest BCUT2D eigenvalue weighted by atomic mass is 9.97. The molecule has 0 heterocycles. The molecule has 1 N–H and O–H groups in total. The molecule has 1 nitrogen and oxygen atoms in total. The third-order valence-corrected chi connectivity index (χ3v) is 4.40. The molecule has 0 aliphatic rings. The van der Waals surface area contributed by atoms with E-state index in [1.807, 2.05) is 0 Å². The fraction of sp³-hybridized carbons (Fsp3) is 1.00. The first-order valence-corrected chi connectivity index (χ1v) is 9.55. The average molecular weight is 284 g/mol. The second-order valence-electron chi connectivity index (χ2n) is 6.45. The molecular weight excluding hydrogens is 242 g/mol. The maximum absolute atomic E-state index is 3.57. The van der Waals surface area contributed by atoms with E-state index in [1.54, 1.807) is 0 Å². The maximum Gasteiger partial charge on any atom is -0.00206 e. The molecule has 0 radical (unpaired) electrons. The summed E-state index contributed by atoms with van der Waals surface area (Å²) in [5, 5.41) is 3.57. The largest absolute Gasteiger partial charge is 0.316 e. The van der Waals surface area contributed by atoms with Gasteiger partial charge in [-0.15, -0.1) is 0 Å². The summed E-state index contributed by atoms with van der Waals surface area (Å²) in [6.07, 6.45) is 18.5. The van der Waals surface area contributed by atoms with E-state index in [1.165, 1.54) is 96.6 Å². The van der Waals surface area contributed by atoms with Crippen LogP contribution in [-0.2, 0) is 0 Å². The molecular formula is C19H41N. The second-order valence-corrected chi connectivity index (χ2v) is 6.45. The minimum atomic E-state index is 0.913. The van der Waals surface area contributed by atoms with Gasteiger partial charge in [-0.05, 0) is 31.8 Å². The molecule has 0 aliphatic carbocycles. The van der Waals surface area contributed by atoms with Crippen molar-refractivity contribution in [2.75, 3.05) is 13.1 Å². The SMILES string of the molecule is CCCCCCCCCCCCC(CC)CNCCC. The van der Waals surface area contributed by atoms with Gasteiger partial charge in [-0.3, -0.25) is 0 Å². The van der Waals surface area contributed by atoms with Crippen LogP contribution in [0.3, 0.4) is 0 Å². The van der Waals surface area contributed by atoms with E-state index in [2.05, 4.69) is 26.1 Å². The van der Waals surface area contributed by atoms with Gasteiger partial charge in [-0.2, -0.15) is 0 Å². The van der Waals surface area contributed by atoms with Crippen LogP contribution < -0.4 is 5.32 Å². The highest BCUT2D eigenvalue weighted by atomic mass is 14.8. The van der Waals surface area contributed by atoms with Crippen LogP contribution in [-0.4, -0.2) is 13.1 Å². The van der Waals surface area contributed by atoms with Crippen LogP contribution in [0.25, 0.3) is 0 Å². The highest BCUT2D eigenvalue weighted by Crippen LogP contribution is 2.15. The molecule has 0 aromatic heterocycles. The van der Waals surface area contributed by atoms with Crippen LogP contribution in [0.1, 0.15) is 104 Å². The number of rotatable bonds is 16. The van der Waals surface area contributed by atoms with Gasteiger partial charge < -0.3 is 5.32 Å². The lowest BCUT2D eigenvalue weighted by Crippen LogP contribution is -2.23. The van der Waals surface area contributed by atoms with E-state index < -0.39 is 0 Å². The van der Waals surface area contributed by atoms with Crippen LogP contribution in [0.2, 0.25) is 0 Å². The predicted octanol–water partition coefficient (Wildman–Crippen LogP) is 6.32. The summed E-state index contributed by atoms with van der Waals surface area (Å²) in [7, 11) is 0. The first-order valence-electron chi connectivity index (χ1n) is 9.55. The fourth-order valence-electron chi connectivity index (χ4n) is 2.85. The summed E-state index contributed by atoms with van der Waals surface area (Å²) >= 11 is 0. The van der Waals surface area contributed by atoms with E-state index in [9.17, 15) is 0 Å². The highest BCUT2D eigenvalue weighted by molar-refractivity contribution is 4.61. The van der Waals surface area contributed by atoms with Crippen LogP contribution >= 0.6 is 0 Å². The van der Waals surface area contributed by atoms with E-state index in [-0.39, 0.29) is 0 Å². The summed E-state index contributed by atoms with van der Waals surface area (Å²) in [6, 6.07) is 0. The molecule has 0 fully saturated rings. The van der Waals surface area contributed by atoms with Crippen molar-refractivity contribution in [3.63, 3.8) is 0 Å². The number of unbranched alkanes of at least 4 members (excludes halogenated alkanes) is 9. The van der Waals surface area contributed by atoms with Crippen LogP contribution in [0, 0.1) is 5.92 Å². The summed E-state index contributed by atoms with van der Waals surface area (Å²) in [5.41, 5.74) is 0. The Morgan fingerprint density at radius 2 is 1.20 bits per heavy atom. The second kappa shape index (κ2) is 17.0. The van der Waals surface area contributed by atoms with Gasteiger partial charge in [0.05, 0.1) is 0 Å². The van der Waals surface area contributed by atoms with Crippen molar-refractivity contribution in [3.05, 3.63) is 0 Å². The van der Waals surface area contributed by atoms with Crippen molar-refractivity contribution in [2.45, 2.75) is 104 Å². The maximum atomic E-state index is 3.57. The molecule has 0 amide bonds. The molecule has 0 spiro atoms. The molecule has 0 saturated carbocycles. The zero-order chi connectivity index (χ0) is 14.9. The van der Waals surface area contributed by atoms with Gasteiger partial charge in [0.25, 0.3) is 0 Å². The van der Waals surface area contributed by atoms with Crippen molar-refractivity contribution in [1.82, 2.24) is 5.32 Å². The van der Waals surface area contributed by atoms with Gasteiger partial charge in [0, 0.05) is 0 Å². The molecule has 0 aromatic rings. The van der Waals surface area contributed by atoms with Crippen molar-refractivity contribution in [2.24, 2.45) is 5.92 Å². The number of hydrogen-bond acceptors (Lipinski definition) is 1. The summed E-state index contributed by atoms with van der Waals surface area (Å²) < 4.78 is 0. The standard InChI is InChI=1S/C19H41N/c1-4-7-8-9-10-11-12-13-14-15-16-19(6-3)18-20-17-5-2/h19-20H,4-18H2,1-3H3. The van der Waals surface area contributed by atoms with Crippen molar-refractivity contribution < 1.29 is 0 Å². The summed E-state index contributed by atoms with van der Waals surface area (Å²) in [5.74, 6) is 0.913. The normalized spacial score (nSPS) is 12.8. The Morgan fingerprint density at radius 1 is 0.650 bits per heavy atom. The Labute approximate surface area is 129 Å². The Kier molecular flexibility index (Phi) is 17.0. The highest BCUT2D eigenvalue weighted by Gasteiger charge is 2.04. The van der Waals surface area contributed by atoms with Crippen molar-refractivity contribution in [3.8, 4) is 0 Å². The summed E-state index contributed by atoms with van der Waals surface area (Å²) in [4.78, 5) is 0. The zero-order valence-corrected chi connectivity index (χ0v) is 14.7. The van der Waals surface area contributed by atoms with Gasteiger partial charge >= 0.3 is 0 Å². The van der Waals surface area contributed by atoms with Crippen LogP contribution in [0.4, 0.5) is 0 Å². The molecule has 0 saturated heterocycles. The summed E-state index contributed by atoms with van der Waals surface area (Å²) in [6.45, 7) is 9.31. The molecule has 1 unspecified atom stereocenters. The molecule has 20 heavy (non-hydrogen) atoms. The third-order valence-electron chi connectivity index (χ3n) is 4.40. The Balaban J connectivity index is 3.20. The molecule has 0 aromatic carbocycles. The monoisotopic (exact) mass is 283 g/mol. The molecule has 122 valence electrons. The minimum absolute atomic E-state index is 0.913. The van der Waals surface area contributed by atoms with E-state index >= 15 is 0 Å². The quantitative estimate of drug-likeness (QED) is 0.327. The predicted molar refractivity (Wildman–Crippen MR) is 93.4 cm³/mol. The van der Waals surface area contributed by atoms with E-state index in [0.717, 1.165) is 5.92 Å². The molecule has 0 aliphatic heterocycles. The fourth-order valence-corrected chi connectivity index (χ4v) is 2.85. The first kappa shape index (κ1) is 20.0.